The van der Waals surface area contributed by atoms with Crippen LogP contribution in [0.1, 0.15) is 5.56 Å². The number of halogens is 2. The highest BCUT2D eigenvalue weighted by molar-refractivity contribution is 9.11. The fourth-order valence-corrected chi connectivity index (χ4v) is 3.02. The first-order chi connectivity index (χ1) is 8.70. The van der Waals surface area contributed by atoms with Gasteiger partial charge in [-0.05, 0) is 49.6 Å². The highest BCUT2D eigenvalue weighted by Gasteiger charge is 2.08. The summed E-state index contributed by atoms with van der Waals surface area (Å²) in [5.41, 5.74) is 1.14. The normalized spacial score (nSPS) is 10.2. The minimum absolute atomic E-state index is 0.548. The zero-order valence-electron chi connectivity index (χ0n) is 9.82. The molecule has 2 aromatic carbocycles. The molecule has 2 nitrogen and oxygen atoms in total. The Morgan fingerprint density at radius 2 is 1.61 bits per heavy atom. The van der Waals surface area contributed by atoms with Gasteiger partial charge in [-0.3, -0.25) is 0 Å². The van der Waals surface area contributed by atoms with Crippen LogP contribution in [0.3, 0.4) is 0 Å². The van der Waals surface area contributed by atoms with Crippen LogP contribution in [0.25, 0.3) is 0 Å². The lowest BCUT2D eigenvalue weighted by Gasteiger charge is -2.10. The number of rotatable bonds is 4. The van der Waals surface area contributed by atoms with Crippen LogP contribution in [0.4, 0.5) is 0 Å². The highest BCUT2D eigenvalue weighted by Crippen LogP contribution is 2.37. The second-order valence-electron chi connectivity index (χ2n) is 3.69. The maximum Gasteiger partial charge on any atom is 0.147 e. The monoisotopic (exact) mass is 370 g/mol. The maximum absolute atomic E-state index is 5.74. The van der Waals surface area contributed by atoms with E-state index in [1.165, 1.54) is 0 Å². The Morgan fingerprint density at radius 1 is 1.00 bits per heavy atom. The van der Waals surface area contributed by atoms with E-state index >= 15 is 0 Å². The van der Waals surface area contributed by atoms with Gasteiger partial charge in [-0.25, -0.2) is 0 Å². The smallest absolute Gasteiger partial charge is 0.147 e. The van der Waals surface area contributed by atoms with Crippen LogP contribution in [0.15, 0.2) is 51.4 Å². The predicted octanol–water partition coefficient (Wildman–Crippen LogP) is 4.80. The molecule has 0 amide bonds. The summed E-state index contributed by atoms with van der Waals surface area (Å²) in [6, 6.07) is 13.8. The third-order valence-corrected chi connectivity index (χ3v) is 3.60. The van der Waals surface area contributed by atoms with Crippen molar-refractivity contribution in [3.8, 4) is 11.5 Å². The van der Waals surface area contributed by atoms with Crippen LogP contribution < -0.4 is 9.47 Å². The van der Waals surface area contributed by atoms with Crippen molar-refractivity contribution in [2.24, 2.45) is 0 Å². The zero-order valence-corrected chi connectivity index (χ0v) is 13.0. The van der Waals surface area contributed by atoms with E-state index in [9.17, 15) is 0 Å². The molecular weight excluding hydrogens is 360 g/mol. The highest BCUT2D eigenvalue weighted by atomic mass is 79.9. The van der Waals surface area contributed by atoms with E-state index in [4.69, 9.17) is 9.47 Å². The Bertz CT molecular complexity index is 504. The average molecular weight is 372 g/mol. The van der Waals surface area contributed by atoms with Crippen LogP contribution in [-0.4, -0.2) is 7.11 Å². The summed E-state index contributed by atoms with van der Waals surface area (Å²) < 4.78 is 12.7. The molecule has 0 aliphatic heterocycles. The van der Waals surface area contributed by atoms with Crippen LogP contribution in [0.5, 0.6) is 11.5 Å². The van der Waals surface area contributed by atoms with Crippen LogP contribution in [0, 0.1) is 0 Å². The number of methoxy groups -OCH3 is 1. The summed E-state index contributed by atoms with van der Waals surface area (Å²) in [4.78, 5) is 0. The molecule has 0 fully saturated rings. The molecule has 0 aromatic heterocycles. The molecule has 94 valence electrons. The predicted molar refractivity (Wildman–Crippen MR) is 79.2 cm³/mol. The Kier molecular flexibility index (Phi) is 4.66. The molecule has 2 aromatic rings. The van der Waals surface area contributed by atoms with Crippen molar-refractivity contribution >= 4 is 31.9 Å². The van der Waals surface area contributed by atoms with Crippen molar-refractivity contribution < 1.29 is 9.47 Å². The molecule has 18 heavy (non-hydrogen) atoms. The molecule has 0 aliphatic carbocycles. The van der Waals surface area contributed by atoms with Crippen LogP contribution >= 0.6 is 31.9 Å². The van der Waals surface area contributed by atoms with Gasteiger partial charge in [0.25, 0.3) is 0 Å². The number of hydrogen-bond donors (Lipinski definition) is 0. The van der Waals surface area contributed by atoms with E-state index in [-0.39, 0.29) is 0 Å². The fraction of sp³-hybridized carbons (Fsp3) is 0.143. The lowest BCUT2D eigenvalue weighted by molar-refractivity contribution is 0.305. The van der Waals surface area contributed by atoms with Crippen molar-refractivity contribution in [2.45, 2.75) is 6.61 Å². The summed E-state index contributed by atoms with van der Waals surface area (Å²) >= 11 is 6.90. The molecule has 4 heteroatoms. The Hall–Kier alpha value is -1.00. The quantitative estimate of drug-likeness (QED) is 0.768. The molecule has 0 N–H and O–H groups in total. The minimum Gasteiger partial charge on any atom is -0.494 e. The molecule has 0 radical (unpaired) electrons. The summed E-state index contributed by atoms with van der Waals surface area (Å²) in [5.74, 6) is 1.56. The van der Waals surface area contributed by atoms with Crippen molar-refractivity contribution in [3.05, 3.63) is 57.0 Å². The molecule has 0 bridgehead atoms. The first-order valence-corrected chi connectivity index (χ1v) is 6.99. The fourth-order valence-electron chi connectivity index (χ4n) is 1.56. The van der Waals surface area contributed by atoms with Gasteiger partial charge in [0.1, 0.15) is 18.1 Å². The molecule has 0 atom stereocenters. The second-order valence-corrected chi connectivity index (χ2v) is 5.40. The Morgan fingerprint density at radius 3 is 2.17 bits per heavy atom. The van der Waals surface area contributed by atoms with Crippen molar-refractivity contribution in [1.29, 1.82) is 0 Å². The molecule has 0 saturated heterocycles. The minimum atomic E-state index is 0.548. The van der Waals surface area contributed by atoms with Gasteiger partial charge >= 0.3 is 0 Å². The third-order valence-electron chi connectivity index (χ3n) is 2.42. The standard InChI is InChI=1S/C14H12Br2O2/c1-17-14-12(15)7-11(8-13(14)16)18-9-10-5-3-2-4-6-10/h2-8H,9H2,1H3. The molecule has 0 spiro atoms. The molecule has 0 unspecified atom stereocenters. The van der Waals surface area contributed by atoms with E-state index in [0.717, 1.165) is 26.0 Å². The second kappa shape index (κ2) is 6.25. The largest absolute Gasteiger partial charge is 0.494 e. The van der Waals surface area contributed by atoms with Crippen LogP contribution in [0.2, 0.25) is 0 Å². The number of hydrogen-bond acceptors (Lipinski definition) is 2. The van der Waals surface area contributed by atoms with E-state index in [0.29, 0.717) is 6.61 Å². The summed E-state index contributed by atoms with van der Waals surface area (Å²) in [6.45, 7) is 0.548. The van der Waals surface area contributed by atoms with E-state index in [1.807, 2.05) is 42.5 Å². The van der Waals surface area contributed by atoms with Crippen LogP contribution in [-0.2, 0) is 6.61 Å². The number of benzene rings is 2. The lowest BCUT2D eigenvalue weighted by atomic mass is 10.2. The molecule has 2 rings (SSSR count). The van der Waals surface area contributed by atoms with E-state index in [2.05, 4.69) is 31.9 Å². The van der Waals surface area contributed by atoms with Gasteiger partial charge in [-0.2, -0.15) is 0 Å². The van der Waals surface area contributed by atoms with Gasteiger partial charge in [0, 0.05) is 0 Å². The van der Waals surface area contributed by atoms with Gasteiger partial charge < -0.3 is 9.47 Å². The van der Waals surface area contributed by atoms with Gasteiger partial charge in [0.2, 0.25) is 0 Å². The summed E-state index contributed by atoms with van der Waals surface area (Å²) in [7, 11) is 1.63. The van der Waals surface area contributed by atoms with Crippen molar-refractivity contribution in [2.75, 3.05) is 7.11 Å². The van der Waals surface area contributed by atoms with E-state index in [1.54, 1.807) is 7.11 Å². The molecule has 0 heterocycles. The lowest BCUT2D eigenvalue weighted by Crippen LogP contribution is -1.96. The zero-order chi connectivity index (χ0) is 13.0. The van der Waals surface area contributed by atoms with Gasteiger partial charge in [0.05, 0.1) is 16.1 Å². The third kappa shape index (κ3) is 3.27. The topological polar surface area (TPSA) is 18.5 Å². The first-order valence-electron chi connectivity index (χ1n) is 5.40. The molecule has 0 saturated carbocycles. The van der Waals surface area contributed by atoms with E-state index < -0.39 is 0 Å². The Balaban J connectivity index is 2.11. The number of ether oxygens (including phenoxy) is 2. The molecule has 0 aliphatic rings. The van der Waals surface area contributed by atoms with Gasteiger partial charge in [-0.15, -0.1) is 0 Å². The summed E-state index contributed by atoms with van der Waals surface area (Å²) in [6.07, 6.45) is 0. The van der Waals surface area contributed by atoms with Crippen molar-refractivity contribution in [1.82, 2.24) is 0 Å². The van der Waals surface area contributed by atoms with Gasteiger partial charge in [0.15, 0.2) is 0 Å². The SMILES string of the molecule is COc1c(Br)cc(OCc2ccccc2)cc1Br. The molecular formula is C14H12Br2O2. The van der Waals surface area contributed by atoms with Gasteiger partial charge in [-0.1, -0.05) is 30.3 Å². The summed E-state index contributed by atoms with van der Waals surface area (Å²) in [5, 5.41) is 0. The maximum atomic E-state index is 5.74. The Labute approximate surface area is 123 Å². The average Bonchev–Trinajstić information content (AvgIpc) is 2.37. The first kappa shape index (κ1) is 13.4. The van der Waals surface area contributed by atoms with Crippen molar-refractivity contribution in [3.63, 3.8) is 0 Å².